The highest BCUT2D eigenvalue weighted by Gasteiger charge is 2.57. The Kier molecular flexibility index (Phi) is 4.36. The summed E-state index contributed by atoms with van der Waals surface area (Å²) in [6, 6.07) is 5.29. The van der Waals surface area contributed by atoms with E-state index in [1.165, 1.54) is 19.3 Å². The summed E-state index contributed by atoms with van der Waals surface area (Å²) >= 11 is 0. The Morgan fingerprint density at radius 3 is 2.27 bits per heavy atom. The van der Waals surface area contributed by atoms with E-state index in [2.05, 4.69) is 5.32 Å². The van der Waals surface area contributed by atoms with Crippen molar-refractivity contribution in [2.75, 3.05) is 11.9 Å². The highest BCUT2D eigenvalue weighted by Crippen LogP contribution is 2.61. The molecule has 1 atom stereocenters. The molecule has 7 aliphatic rings. The molecule has 5 aliphatic carbocycles. The molecule has 6 heteroatoms. The van der Waals surface area contributed by atoms with Crippen molar-refractivity contribution < 1.29 is 19.1 Å². The quantitative estimate of drug-likeness (QED) is 0.713. The zero-order chi connectivity index (χ0) is 22.2. The first-order valence-corrected chi connectivity index (χ1v) is 13.1. The molecule has 1 saturated heterocycles. The Balaban J connectivity index is 1.06. The Morgan fingerprint density at radius 2 is 1.58 bits per heavy atom. The molecule has 4 bridgehead atoms. The van der Waals surface area contributed by atoms with E-state index >= 15 is 0 Å². The maximum absolute atomic E-state index is 13.9. The van der Waals surface area contributed by atoms with Gasteiger partial charge in [-0.2, -0.15) is 0 Å². The third-order valence-electron chi connectivity index (χ3n) is 9.48. The summed E-state index contributed by atoms with van der Waals surface area (Å²) in [6.45, 7) is 0.711. The van der Waals surface area contributed by atoms with Gasteiger partial charge in [0.2, 0.25) is 11.8 Å². The number of rotatable bonds is 3. The molecule has 0 radical (unpaired) electrons. The third-order valence-corrected chi connectivity index (χ3v) is 9.48. The van der Waals surface area contributed by atoms with E-state index in [1.807, 2.05) is 23.1 Å². The minimum Gasteiger partial charge on any atom is -0.448 e. The number of carbonyl (C=O) groups is 2. The maximum Gasteiger partial charge on any atom is 0.251 e. The molecular formula is C27H34N2O4. The van der Waals surface area contributed by atoms with Crippen molar-refractivity contribution in [2.24, 2.45) is 23.2 Å². The predicted octanol–water partition coefficient (Wildman–Crippen LogP) is 4.87. The number of nitrogens with zero attached hydrogens (tertiary/aromatic N) is 1. The molecule has 0 aromatic heterocycles. The number of hydrogen-bond acceptors (Lipinski definition) is 4. The van der Waals surface area contributed by atoms with Crippen LogP contribution in [0.3, 0.4) is 0 Å². The van der Waals surface area contributed by atoms with Crippen LogP contribution in [0.1, 0.15) is 77.0 Å². The minimum absolute atomic E-state index is 0.0694. The number of likely N-dealkylation sites (tertiary alicyclic amines) is 1. The van der Waals surface area contributed by atoms with Crippen LogP contribution in [0.25, 0.3) is 0 Å². The second-order valence-electron chi connectivity index (χ2n) is 11.8. The fourth-order valence-corrected chi connectivity index (χ4v) is 8.47. The van der Waals surface area contributed by atoms with E-state index in [-0.39, 0.29) is 23.3 Å². The Bertz CT molecular complexity index is 963. The summed E-state index contributed by atoms with van der Waals surface area (Å²) in [6.07, 6.45) is 12.8. The van der Waals surface area contributed by atoms with Gasteiger partial charge in [-0.05, 0) is 94.1 Å². The molecule has 176 valence electrons. The Hall–Kier alpha value is -2.24. The van der Waals surface area contributed by atoms with Crippen molar-refractivity contribution in [3.63, 3.8) is 0 Å². The summed E-state index contributed by atoms with van der Waals surface area (Å²) in [7, 11) is 0. The number of ether oxygens (including phenoxy) is 2. The standard InChI is InChI=1S/C27H34N2O4/c30-24(28-20-5-6-22-23(13-20)33-27(32-22)7-1-2-8-27)21-4-3-9-29(21)25(31)26-14-17-10-18(15-26)12-19(11-17)16-26/h5-6,13,17-19,21H,1-4,7-12,14-16H2,(H,28,30). The Morgan fingerprint density at radius 1 is 0.909 bits per heavy atom. The highest BCUT2D eigenvalue weighted by atomic mass is 16.7. The van der Waals surface area contributed by atoms with Gasteiger partial charge >= 0.3 is 0 Å². The summed E-state index contributed by atoms with van der Waals surface area (Å²) in [5.41, 5.74) is 0.526. The fraction of sp³-hybridized carbons (Fsp3) is 0.704. The van der Waals surface area contributed by atoms with Gasteiger partial charge < -0.3 is 19.7 Å². The summed E-state index contributed by atoms with van der Waals surface area (Å²) in [5.74, 6) is 3.35. The van der Waals surface area contributed by atoms with E-state index in [0.717, 1.165) is 81.3 Å². The van der Waals surface area contributed by atoms with E-state index in [4.69, 9.17) is 9.47 Å². The lowest BCUT2D eigenvalue weighted by molar-refractivity contribution is -0.160. The zero-order valence-corrected chi connectivity index (χ0v) is 19.3. The number of amides is 2. The first-order valence-electron chi connectivity index (χ1n) is 13.1. The van der Waals surface area contributed by atoms with Crippen LogP contribution < -0.4 is 14.8 Å². The minimum atomic E-state index is -0.502. The first-order chi connectivity index (χ1) is 16.0. The maximum atomic E-state index is 13.9. The van der Waals surface area contributed by atoms with Gasteiger partial charge in [0, 0.05) is 31.1 Å². The number of fused-ring (bicyclic) bond motifs is 1. The molecule has 8 rings (SSSR count). The second-order valence-corrected chi connectivity index (χ2v) is 11.8. The predicted molar refractivity (Wildman–Crippen MR) is 123 cm³/mol. The van der Waals surface area contributed by atoms with Crippen LogP contribution in [0.4, 0.5) is 5.69 Å². The van der Waals surface area contributed by atoms with Gasteiger partial charge in [-0.3, -0.25) is 9.59 Å². The van der Waals surface area contributed by atoms with Gasteiger partial charge in [-0.1, -0.05) is 0 Å². The summed E-state index contributed by atoms with van der Waals surface area (Å²) < 4.78 is 12.3. The topological polar surface area (TPSA) is 67.9 Å². The van der Waals surface area contributed by atoms with Crippen LogP contribution in [0, 0.1) is 23.2 Å². The van der Waals surface area contributed by atoms with Crippen molar-refractivity contribution in [3.05, 3.63) is 18.2 Å². The van der Waals surface area contributed by atoms with Gasteiger partial charge in [0.05, 0.1) is 5.41 Å². The number of benzene rings is 1. The van der Waals surface area contributed by atoms with Crippen molar-refractivity contribution in [1.29, 1.82) is 0 Å². The lowest BCUT2D eigenvalue weighted by atomic mass is 9.49. The monoisotopic (exact) mass is 450 g/mol. The Labute approximate surface area is 195 Å². The molecule has 1 N–H and O–H groups in total. The average molecular weight is 451 g/mol. The van der Waals surface area contributed by atoms with E-state index < -0.39 is 5.79 Å². The zero-order valence-electron chi connectivity index (χ0n) is 19.3. The molecule has 6 fully saturated rings. The van der Waals surface area contributed by atoms with Gasteiger partial charge in [0.15, 0.2) is 11.5 Å². The number of carbonyl (C=O) groups excluding carboxylic acids is 2. The van der Waals surface area contributed by atoms with Gasteiger partial charge in [-0.25, -0.2) is 0 Å². The molecule has 1 unspecified atom stereocenters. The van der Waals surface area contributed by atoms with Crippen LogP contribution in [0.5, 0.6) is 11.5 Å². The lowest BCUT2D eigenvalue weighted by Gasteiger charge is -2.56. The lowest BCUT2D eigenvalue weighted by Crippen LogP contribution is -2.56. The van der Waals surface area contributed by atoms with Crippen LogP contribution in [0.2, 0.25) is 0 Å². The normalized spacial score (nSPS) is 37.2. The molecule has 2 amide bonds. The van der Waals surface area contributed by atoms with Crippen LogP contribution in [-0.2, 0) is 9.59 Å². The van der Waals surface area contributed by atoms with Crippen LogP contribution >= 0.6 is 0 Å². The smallest absolute Gasteiger partial charge is 0.251 e. The summed E-state index contributed by atoms with van der Waals surface area (Å²) in [4.78, 5) is 29.1. The number of hydrogen-bond donors (Lipinski definition) is 1. The van der Waals surface area contributed by atoms with E-state index in [1.54, 1.807) is 0 Å². The van der Waals surface area contributed by atoms with Gasteiger partial charge in [-0.15, -0.1) is 0 Å². The van der Waals surface area contributed by atoms with Gasteiger partial charge in [0.25, 0.3) is 5.79 Å². The average Bonchev–Trinajstić information content (AvgIpc) is 3.52. The first kappa shape index (κ1) is 20.2. The molecule has 1 aromatic rings. The molecule has 33 heavy (non-hydrogen) atoms. The molecule has 1 aromatic carbocycles. The number of nitrogens with one attached hydrogen (secondary N) is 1. The SMILES string of the molecule is O=C(Nc1ccc2c(c1)OC1(CCCC1)O2)C1CCCN1C(=O)C12CC3CC(CC(C3)C1)C2. The second kappa shape index (κ2) is 7.13. The van der Waals surface area contributed by atoms with Gasteiger partial charge in [0.1, 0.15) is 6.04 Å². The molecule has 6 nitrogen and oxygen atoms in total. The van der Waals surface area contributed by atoms with E-state index in [0.29, 0.717) is 18.0 Å². The van der Waals surface area contributed by atoms with Crippen molar-refractivity contribution in [2.45, 2.75) is 88.9 Å². The van der Waals surface area contributed by atoms with Crippen molar-refractivity contribution in [1.82, 2.24) is 4.90 Å². The molecule has 2 aliphatic heterocycles. The third kappa shape index (κ3) is 3.19. The van der Waals surface area contributed by atoms with Crippen LogP contribution in [0.15, 0.2) is 18.2 Å². The van der Waals surface area contributed by atoms with E-state index in [9.17, 15) is 9.59 Å². The molecular weight excluding hydrogens is 416 g/mol. The highest BCUT2D eigenvalue weighted by molar-refractivity contribution is 5.98. The van der Waals surface area contributed by atoms with Crippen LogP contribution in [-0.4, -0.2) is 35.1 Å². The molecule has 2 heterocycles. The summed E-state index contributed by atoms with van der Waals surface area (Å²) in [5, 5.41) is 3.08. The number of anilines is 1. The largest absolute Gasteiger partial charge is 0.448 e. The molecule has 1 spiro atoms. The van der Waals surface area contributed by atoms with Crippen molar-refractivity contribution in [3.8, 4) is 11.5 Å². The van der Waals surface area contributed by atoms with Crippen molar-refractivity contribution >= 4 is 17.5 Å². The molecule has 5 saturated carbocycles. The fourth-order valence-electron chi connectivity index (χ4n) is 8.47.